The van der Waals surface area contributed by atoms with Gasteiger partial charge in [0.25, 0.3) is 0 Å². The summed E-state index contributed by atoms with van der Waals surface area (Å²) in [6, 6.07) is 6.54. The Morgan fingerprint density at radius 1 is 1.11 bits per heavy atom. The molecule has 1 aliphatic heterocycles. The van der Waals surface area contributed by atoms with Gasteiger partial charge in [0.1, 0.15) is 0 Å². The second-order valence-corrected chi connectivity index (χ2v) is 5.79. The minimum absolute atomic E-state index is 0.0934. The van der Waals surface area contributed by atoms with Gasteiger partial charge >= 0.3 is 0 Å². The Balaban J connectivity index is 1.68. The van der Waals surface area contributed by atoms with Crippen molar-refractivity contribution < 1.29 is 5.11 Å². The molecule has 0 amide bonds. The Bertz CT molecular complexity index is 421. The van der Waals surface area contributed by atoms with Crippen molar-refractivity contribution in [2.45, 2.75) is 44.2 Å². The molecule has 3 rings (SSSR count). The molecule has 0 unspecified atom stereocenters. The summed E-state index contributed by atoms with van der Waals surface area (Å²) < 4.78 is 0. The number of aliphatic hydroxyl groups is 1. The Hall–Kier alpha value is -1.06. The van der Waals surface area contributed by atoms with Crippen molar-refractivity contribution in [3.63, 3.8) is 0 Å². The number of nitrogens with two attached hydrogens (primary N) is 1. The van der Waals surface area contributed by atoms with Crippen molar-refractivity contribution >= 4 is 5.69 Å². The lowest BCUT2D eigenvalue weighted by Gasteiger charge is -2.29. The maximum Gasteiger partial charge on any atom is 0.0564 e. The van der Waals surface area contributed by atoms with Crippen LogP contribution >= 0.6 is 0 Å². The fourth-order valence-corrected chi connectivity index (χ4v) is 2.82. The summed E-state index contributed by atoms with van der Waals surface area (Å²) in [5.74, 6) is 0.760. The summed E-state index contributed by atoms with van der Waals surface area (Å²) in [6.45, 7) is 2.96. The summed E-state index contributed by atoms with van der Waals surface area (Å²) in [7, 11) is 0. The summed E-state index contributed by atoms with van der Waals surface area (Å²) in [6.07, 6.45) is 4.34. The largest absolute Gasteiger partial charge is 0.399 e. The van der Waals surface area contributed by atoms with E-state index in [2.05, 4.69) is 23.1 Å². The zero-order chi connectivity index (χ0) is 12.5. The van der Waals surface area contributed by atoms with Crippen LogP contribution in [0.5, 0.6) is 0 Å². The predicted molar refractivity (Wildman–Crippen MR) is 73.3 cm³/mol. The van der Waals surface area contributed by atoms with Gasteiger partial charge in [-0.1, -0.05) is 6.07 Å². The molecule has 1 aliphatic carbocycles. The minimum Gasteiger partial charge on any atom is -0.399 e. The molecule has 3 N–H and O–H groups in total. The van der Waals surface area contributed by atoms with Gasteiger partial charge in [-0.25, -0.2) is 0 Å². The zero-order valence-electron chi connectivity index (χ0n) is 10.8. The van der Waals surface area contributed by atoms with Crippen molar-refractivity contribution in [1.82, 2.24) is 4.90 Å². The van der Waals surface area contributed by atoms with E-state index >= 15 is 0 Å². The Labute approximate surface area is 109 Å². The molecule has 3 heteroatoms. The van der Waals surface area contributed by atoms with E-state index in [9.17, 15) is 5.11 Å². The molecule has 1 aromatic rings. The van der Waals surface area contributed by atoms with E-state index < -0.39 is 0 Å². The van der Waals surface area contributed by atoms with Crippen LogP contribution < -0.4 is 5.73 Å². The third kappa shape index (κ3) is 2.85. The molecule has 2 aliphatic rings. The van der Waals surface area contributed by atoms with Gasteiger partial charge < -0.3 is 10.8 Å². The number of nitrogen functional groups attached to an aromatic ring is 1. The molecule has 18 heavy (non-hydrogen) atoms. The maximum absolute atomic E-state index is 9.52. The van der Waals surface area contributed by atoms with Crippen molar-refractivity contribution in [1.29, 1.82) is 0 Å². The van der Waals surface area contributed by atoms with E-state index in [1.54, 1.807) is 0 Å². The quantitative estimate of drug-likeness (QED) is 0.803. The molecule has 3 nitrogen and oxygen atoms in total. The van der Waals surface area contributed by atoms with Crippen molar-refractivity contribution in [3.8, 4) is 0 Å². The molecule has 0 bridgehead atoms. The molecule has 0 atom stereocenters. The summed E-state index contributed by atoms with van der Waals surface area (Å²) in [5.41, 5.74) is 9.63. The Morgan fingerprint density at radius 2 is 1.83 bits per heavy atom. The van der Waals surface area contributed by atoms with Gasteiger partial charge in [-0.3, -0.25) is 4.90 Å². The zero-order valence-corrected chi connectivity index (χ0v) is 10.8. The molecule has 1 heterocycles. The molecule has 2 fully saturated rings. The van der Waals surface area contributed by atoms with Crippen LogP contribution in [-0.2, 0) is 6.54 Å². The molecule has 0 radical (unpaired) electrons. The number of likely N-dealkylation sites (tertiary alicyclic amines) is 1. The smallest absolute Gasteiger partial charge is 0.0564 e. The van der Waals surface area contributed by atoms with Crippen LogP contribution in [0.1, 0.15) is 42.7 Å². The first-order valence-corrected chi connectivity index (χ1v) is 7.00. The average molecular weight is 246 g/mol. The van der Waals surface area contributed by atoms with E-state index in [0.717, 1.165) is 44.1 Å². The molecule has 1 saturated heterocycles. The number of aliphatic hydroxyl groups excluding tert-OH is 1. The van der Waals surface area contributed by atoms with Gasteiger partial charge in [-0.05, 0) is 54.9 Å². The topological polar surface area (TPSA) is 49.5 Å². The number of benzene rings is 1. The van der Waals surface area contributed by atoms with Crippen LogP contribution in [0.3, 0.4) is 0 Å². The van der Waals surface area contributed by atoms with E-state index in [1.807, 2.05) is 0 Å². The van der Waals surface area contributed by atoms with Gasteiger partial charge in [-0.2, -0.15) is 0 Å². The minimum atomic E-state index is -0.0934. The molecule has 0 aromatic heterocycles. The normalized spacial score (nSPS) is 22.3. The van der Waals surface area contributed by atoms with E-state index in [1.165, 1.54) is 24.0 Å². The molecular formula is C15H22N2O. The molecular weight excluding hydrogens is 224 g/mol. The van der Waals surface area contributed by atoms with Crippen LogP contribution in [-0.4, -0.2) is 29.2 Å². The highest BCUT2D eigenvalue weighted by molar-refractivity contribution is 5.46. The van der Waals surface area contributed by atoms with E-state index in [-0.39, 0.29) is 6.10 Å². The Kier molecular flexibility index (Phi) is 3.27. The van der Waals surface area contributed by atoms with Gasteiger partial charge in [0.2, 0.25) is 0 Å². The fourth-order valence-electron chi connectivity index (χ4n) is 2.82. The monoisotopic (exact) mass is 246 g/mol. The van der Waals surface area contributed by atoms with Crippen molar-refractivity contribution in [2.75, 3.05) is 18.8 Å². The third-order valence-electron chi connectivity index (χ3n) is 4.05. The standard InChI is InChI=1S/C15H22N2O/c16-14-8-11(7-13(9-14)12-1-2-12)10-17-5-3-15(18)4-6-17/h7-9,12,15,18H,1-6,10,16H2. The second-order valence-electron chi connectivity index (χ2n) is 5.79. The number of piperidine rings is 1. The van der Waals surface area contributed by atoms with Crippen molar-refractivity contribution in [3.05, 3.63) is 29.3 Å². The highest BCUT2D eigenvalue weighted by Crippen LogP contribution is 2.41. The predicted octanol–water partition coefficient (Wildman–Crippen LogP) is 2.10. The summed E-state index contributed by atoms with van der Waals surface area (Å²) in [5, 5.41) is 9.52. The maximum atomic E-state index is 9.52. The first-order chi connectivity index (χ1) is 8.70. The lowest BCUT2D eigenvalue weighted by Crippen LogP contribution is -2.35. The van der Waals surface area contributed by atoms with E-state index in [4.69, 9.17) is 5.73 Å². The Morgan fingerprint density at radius 3 is 2.50 bits per heavy atom. The van der Waals surface area contributed by atoms with Gasteiger partial charge in [0.05, 0.1) is 6.10 Å². The number of rotatable bonds is 3. The van der Waals surface area contributed by atoms with Gasteiger partial charge in [0.15, 0.2) is 0 Å². The molecule has 1 saturated carbocycles. The lowest BCUT2D eigenvalue weighted by molar-refractivity contribution is 0.0792. The molecule has 98 valence electrons. The summed E-state index contributed by atoms with van der Waals surface area (Å²) >= 11 is 0. The van der Waals surface area contributed by atoms with Gasteiger partial charge in [-0.15, -0.1) is 0 Å². The van der Waals surface area contributed by atoms with Crippen molar-refractivity contribution in [2.24, 2.45) is 0 Å². The second kappa shape index (κ2) is 4.90. The summed E-state index contributed by atoms with van der Waals surface area (Å²) in [4.78, 5) is 2.41. The number of anilines is 1. The van der Waals surface area contributed by atoms with E-state index in [0.29, 0.717) is 0 Å². The highest BCUT2D eigenvalue weighted by Gasteiger charge is 2.24. The number of hydrogen-bond donors (Lipinski definition) is 2. The van der Waals surface area contributed by atoms with Crippen LogP contribution in [0, 0.1) is 0 Å². The SMILES string of the molecule is Nc1cc(CN2CCC(O)CC2)cc(C2CC2)c1. The van der Waals surface area contributed by atoms with Crippen LogP contribution in [0.25, 0.3) is 0 Å². The first-order valence-electron chi connectivity index (χ1n) is 7.00. The number of hydrogen-bond acceptors (Lipinski definition) is 3. The fraction of sp³-hybridized carbons (Fsp3) is 0.600. The first kappa shape index (κ1) is 12.0. The van der Waals surface area contributed by atoms with Crippen LogP contribution in [0.4, 0.5) is 5.69 Å². The molecule has 1 aromatic carbocycles. The van der Waals surface area contributed by atoms with Gasteiger partial charge in [0, 0.05) is 25.3 Å². The number of nitrogens with zero attached hydrogens (tertiary/aromatic N) is 1. The van der Waals surface area contributed by atoms with Crippen LogP contribution in [0.2, 0.25) is 0 Å². The molecule has 0 spiro atoms. The van der Waals surface area contributed by atoms with Crippen LogP contribution in [0.15, 0.2) is 18.2 Å². The third-order valence-corrected chi connectivity index (χ3v) is 4.05. The highest BCUT2D eigenvalue weighted by atomic mass is 16.3. The average Bonchev–Trinajstić information content (AvgIpc) is 3.15. The lowest BCUT2D eigenvalue weighted by atomic mass is 10.0.